The van der Waals surface area contributed by atoms with Gasteiger partial charge in [0.15, 0.2) is 0 Å². The van der Waals surface area contributed by atoms with Crippen molar-refractivity contribution in [2.45, 2.75) is 17.1 Å². The Bertz CT molecular complexity index is 321. The van der Waals surface area contributed by atoms with Gasteiger partial charge in [0.2, 0.25) is 0 Å². The molecule has 0 aromatic heterocycles. The lowest BCUT2D eigenvalue weighted by molar-refractivity contribution is -0.136. The van der Waals surface area contributed by atoms with E-state index in [1.807, 2.05) is 0 Å². The van der Waals surface area contributed by atoms with Gasteiger partial charge >= 0.3 is 5.97 Å². The van der Waals surface area contributed by atoms with Crippen molar-refractivity contribution < 1.29 is 14.1 Å². The van der Waals surface area contributed by atoms with Gasteiger partial charge in [-0.25, -0.2) is 0 Å². The molecule has 1 N–H and O–H groups in total. The van der Waals surface area contributed by atoms with Crippen LogP contribution in [0.5, 0.6) is 0 Å². The van der Waals surface area contributed by atoms with E-state index in [4.69, 9.17) is 5.11 Å². The average Bonchev–Trinajstić information content (AvgIpc) is 2.17. The highest BCUT2D eigenvalue weighted by molar-refractivity contribution is 7.86. The molecule has 1 unspecified atom stereocenters. The van der Waals surface area contributed by atoms with Gasteiger partial charge in [0, 0.05) is 4.90 Å². The van der Waals surface area contributed by atoms with Gasteiger partial charge in [0.1, 0.15) is 5.25 Å². The van der Waals surface area contributed by atoms with Gasteiger partial charge in [-0.15, -0.1) is 0 Å². The van der Waals surface area contributed by atoms with E-state index < -0.39 is 22.0 Å². The van der Waals surface area contributed by atoms with Crippen LogP contribution in [-0.2, 0) is 15.6 Å². The van der Waals surface area contributed by atoms with E-state index in [0.717, 1.165) is 0 Å². The summed E-state index contributed by atoms with van der Waals surface area (Å²) in [5.41, 5.74) is 0. The van der Waals surface area contributed by atoms with Crippen LogP contribution in [0.4, 0.5) is 0 Å². The Labute approximate surface area is 78.9 Å². The molecule has 0 amide bonds. The number of hydrogen-bond acceptors (Lipinski definition) is 2. The Balaban J connectivity index is 2.86. The minimum atomic E-state index is -1.46. The number of hydrogen-bond donors (Lipinski definition) is 1. The SMILES string of the molecule is C[C@H](C(=O)O)S(=O)c1ccccc1. The first-order chi connectivity index (χ1) is 6.13. The zero-order chi connectivity index (χ0) is 9.84. The molecule has 0 aliphatic rings. The van der Waals surface area contributed by atoms with Crippen LogP contribution in [0.1, 0.15) is 6.92 Å². The smallest absolute Gasteiger partial charge is 0.319 e. The first-order valence-corrected chi connectivity index (χ1v) is 5.02. The molecule has 0 aliphatic heterocycles. The predicted molar refractivity (Wildman–Crippen MR) is 49.9 cm³/mol. The van der Waals surface area contributed by atoms with Crippen LogP contribution in [0.2, 0.25) is 0 Å². The second kappa shape index (κ2) is 4.18. The number of benzene rings is 1. The van der Waals surface area contributed by atoms with Gasteiger partial charge in [0.25, 0.3) is 0 Å². The number of carbonyl (C=O) groups is 1. The van der Waals surface area contributed by atoms with Gasteiger partial charge in [-0.2, -0.15) is 0 Å². The quantitative estimate of drug-likeness (QED) is 0.795. The summed E-state index contributed by atoms with van der Waals surface area (Å²) in [6.45, 7) is 1.44. The highest BCUT2D eigenvalue weighted by atomic mass is 32.2. The predicted octanol–water partition coefficient (Wildman–Crippen LogP) is 1.27. The minimum Gasteiger partial charge on any atom is -0.480 e. The number of aliphatic carboxylic acids is 1. The zero-order valence-corrected chi connectivity index (χ0v) is 7.95. The van der Waals surface area contributed by atoms with Crippen molar-refractivity contribution in [3.63, 3.8) is 0 Å². The van der Waals surface area contributed by atoms with E-state index in [2.05, 4.69) is 0 Å². The maximum absolute atomic E-state index is 11.5. The molecular formula is C9H10O3S. The molecular weight excluding hydrogens is 188 g/mol. The maximum Gasteiger partial charge on any atom is 0.319 e. The molecule has 4 heteroatoms. The molecule has 0 heterocycles. The topological polar surface area (TPSA) is 54.4 Å². The maximum atomic E-state index is 11.5. The van der Waals surface area contributed by atoms with Gasteiger partial charge < -0.3 is 5.11 Å². The van der Waals surface area contributed by atoms with Gasteiger partial charge in [-0.1, -0.05) is 18.2 Å². The summed E-state index contributed by atoms with van der Waals surface area (Å²) >= 11 is 0. The second-order valence-corrected chi connectivity index (χ2v) is 4.36. The molecule has 0 radical (unpaired) electrons. The monoisotopic (exact) mass is 198 g/mol. The van der Waals surface area contributed by atoms with Crippen molar-refractivity contribution in [1.82, 2.24) is 0 Å². The van der Waals surface area contributed by atoms with Gasteiger partial charge in [-0.05, 0) is 19.1 Å². The van der Waals surface area contributed by atoms with Crippen LogP contribution in [-0.4, -0.2) is 20.5 Å². The Kier molecular flexibility index (Phi) is 3.19. The van der Waals surface area contributed by atoms with E-state index in [0.29, 0.717) is 4.90 Å². The summed E-state index contributed by atoms with van der Waals surface area (Å²) in [6.07, 6.45) is 0. The van der Waals surface area contributed by atoms with E-state index >= 15 is 0 Å². The van der Waals surface area contributed by atoms with Crippen molar-refractivity contribution in [3.05, 3.63) is 30.3 Å². The summed E-state index contributed by atoms with van der Waals surface area (Å²) in [7, 11) is -1.46. The molecule has 0 fully saturated rings. The molecule has 1 aromatic carbocycles. The summed E-state index contributed by atoms with van der Waals surface area (Å²) in [5.74, 6) is -1.04. The van der Waals surface area contributed by atoms with Crippen LogP contribution in [0.3, 0.4) is 0 Å². The summed E-state index contributed by atoms with van der Waals surface area (Å²) in [4.78, 5) is 11.1. The molecule has 0 aliphatic carbocycles. The van der Waals surface area contributed by atoms with Crippen LogP contribution in [0, 0.1) is 0 Å². The molecule has 1 rings (SSSR count). The van der Waals surface area contributed by atoms with Crippen LogP contribution >= 0.6 is 0 Å². The van der Waals surface area contributed by atoms with Crippen molar-refractivity contribution >= 4 is 16.8 Å². The Morgan fingerprint density at radius 2 is 1.92 bits per heavy atom. The fourth-order valence-corrected chi connectivity index (χ4v) is 1.87. The Morgan fingerprint density at radius 1 is 1.38 bits per heavy atom. The van der Waals surface area contributed by atoms with Crippen LogP contribution in [0.15, 0.2) is 35.2 Å². The Morgan fingerprint density at radius 3 is 2.38 bits per heavy atom. The van der Waals surface area contributed by atoms with E-state index in [-0.39, 0.29) is 0 Å². The first-order valence-electron chi connectivity index (χ1n) is 3.81. The van der Waals surface area contributed by atoms with E-state index in [1.54, 1.807) is 30.3 Å². The lowest BCUT2D eigenvalue weighted by atomic mass is 10.4. The molecule has 2 atom stereocenters. The van der Waals surface area contributed by atoms with Gasteiger partial charge in [0.05, 0.1) is 10.8 Å². The molecule has 0 saturated heterocycles. The molecule has 1 aromatic rings. The van der Waals surface area contributed by atoms with Crippen molar-refractivity contribution in [3.8, 4) is 0 Å². The molecule has 0 saturated carbocycles. The number of rotatable bonds is 3. The van der Waals surface area contributed by atoms with Crippen molar-refractivity contribution in [2.75, 3.05) is 0 Å². The normalized spacial score (nSPS) is 14.8. The third-order valence-electron chi connectivity index (χ3n) is 1.64. The summed E-state index contributed by atoms with van der Waals surface area (Å²) < 4.78 is 11.5. The average molecular weight is 198 g/mol. The second-order valence-electron chi connectivity index (χ2n) is 2.59. The van der Waals surface area contributed by atoms with E-state index in [1.165, 1.54) is 6.92 Å². The largest absolute Gasteiger partial charge is 0.480 e. The Hall–Kier alpha value is -1.16. The van der Waals surface area contributed by atoms with Crippen LogP contribution < -0.4 is 0 Å². The molecule has 0 spiro atoms. The summed E-state index contributed by atoms with van der Waals surface area (Å²) in [5, 5.41) is 7.76. The number of carboxylic acid groups (broad SMARTS) is 1. The van der Waals surface area contributed by atoms with Gasteiger partial charge in [-0.3, -0.25) is 9.00 Å². The highest BCUT2D eigenvalue weighted by Crippen LogP contribution is 2.10. The fraction of sp³-hybridized carbons (Fsp3) is 0.222. The van der Waals surface area contributed by atoms with Crippen molar-refractivity contribution in [2.24, 2.45) is 0 Å². The van der Waals surface area contributed by atoms with E-state index in [9.17, 15) is 9.00 Å². The number of carboxylic acids is 1. The lowest BCUT2D eigenvalue weighted by Gasteiger charge is -2.05. The zero-order valence-electron chi connectivity index (χ0n) is 7.14. The van der Waals surface area contributed by atoms with Crippen molar-refractivity contribution in [1.29, 1.82) is 0 Å². The first kappa shape index (κ1) is 9.92. The third-order valence-corrected chi connectivity index (χ3v) is 3.23. The fourth-order valence-electron chi connectivity index (χ4n) is 0.850. The minimum absolute atomic E-state index is 0.553. The lowest BCUT2D eigenvalue weighted by Crippen LogP contribution is -2.21. The molecule has 13 heavy (non-hydrogen) atoms. The highest BCUT2D eigenvalue weighted by Gasteiger charge is 2.19. The molecule has 70 valence electrons. The third kappa shape index (κ3) is 2.39. The molecule has 0 bridgehead atoms. The summed E-state index contributed by atoms with van der Waals surface area (Å²) in [6, 6.07) is 8.60. The molecule has 3 nitrogen and oxygen atoms in total. The van der Waals surface area contributed by atoms with Crippen LogP contribution in [0.25, 0.3) is 0 Å². The standard InChI is InChI=1S/C9H10O3S/c1-7(9(10)11)13(12)8-5-3-2-4-6-8/h2-7H,1H3,(H,10,11)/t7-,13?/m1/s1.